The zero-order valence-electron chi connectivity index (χ0n) is 23.4. The lowest BCUT2D eigenvalue weighted by molar-refractivity contribution is 0.142. The second-order valence-corrected chi connectivity index (χ2v) is 10.6. The van der Waals surface area contributed by atoms with E-state index in [0.29, 0.717) is 39.1 Å². The molecule has 6 heteroatoms. The Morgan fingerprint density at radius 3 is 1.17 bits per heavy atom. The first-order chi connectivity index (χ1) is 20.7. The third-order valence-electron chi connectivity index (χ3n) is 8.01. The topological polar surface area (TPSA) is 76.7 Å². The highest BCUT2D eigenvalue weighted by atomic mass is 16.6. The van der Waals surface area contributed by atoms with Crippen LogP contribution in [-0.2, 0) is 9.47 Å². The third kappa shape index (κ3) is 5.79. The van der Waals surface area contributed by atoms with Gasteiger partial charge in [-0.1, -0.05) is 109 Å². The zero-order chi connectivity index (χ0) is 28.7. The zero-order valence-corrected chi connectivity index (χ0v) is 23.4. The Bertz CT molecular complexity index is 1400. The van der Waals surface area contributed by atoms with E-state index >= 15 is 0 Å². The number of ether oxygens (including phenoxy) is 2. The van der Waals surface area contributed by atoms with Crippen molar-refractivity contribution in [3.05, 3.63) is 131 Å². The van der Waals surface area contributed by atoms with Gasteiger partial charge in [0.25, 0.3) is 0 Å². The summed E-state index contributed by atoms with van der Waals surface area (Å²) in [6.07, 6.45) is 4.50. The average Bonchev–Trinajstić information content (AvgIpc) is 3.53. The number of carbonyl (C=O) groups is 2. The lowest BCUT2D eigenvalue weighted by Gasteiger charge is -2.14. The van der Waals surface area contributed by atoms with Crippen LogP contribution in [0.3, 0.4) is 0 Å². The van der Waals surface area contributed by atoms with E-state index in [1.807, 2.05) is 60.7 Å². The highest BCUT2D eigenvalue weighted by Gasteiger charge is 2.30. The SMILES string of the molecule is O=C(NCC/C=C/CCNC(=O)OCC1c2ccccc2-c2ccccc21)OCC1c2ccccc2-c2ccccc21. The van der Waals surface area contributed by atoms with Crippen molar-refractivity contribution in [3.8, 4) is 22.3 Å². The number of alkyl carbamates (subject to hydrolysis) is 2. The van der Waals surface area contributed by atoms with Gasteiger partial charge in [0, 0.05) is 24.9 Å². The quantitative estimate of drug-likeness (QED) is 0.157. The maximum absolute atomic E-state index is 12.3. The first kappa shape index (κ1) is 27.3. The molecule has 2 aliphatic carbocycles. The van der Waals surface area contributed by atoms with Gasteiger partial charge in [-0.3, -0.25) is 0 Å². The van der Waals surface area contributed by atoms with E-state index in [0.717, 1.165) is 0 Å². The Labute approximate surface area is 246 Å². The molecule has 6 nitrogen and oxygen atoms in total. The molecule has 0 bridgehead atoms. The summed E-state index contributed by atoms with van der Waals surface area (Å²) < 4.78 is 11.1. The van der Waals surface area contributed by atoms with Crippen molar-refractivity contribution in [3.63, 3.8) is 0 Å². The molecule has 0 spiro atoms. The summed E-state index contributed by atoms with van der Waals surface area (Å²) in [5, 5.41) is 5.64. The number of hydrogen-bond donors (Lipinski definition) is 2. The van der Waals surface area contributed by atoms with Crippen molar-refractivity contribution < 1.29 is 19.1 Å². The van der Waals surface area contributed by atoms with Gasteiger partial charge < -0.3 is 20.1 Å². The Balaban J connectivity index is 0.864. The largest absolute Gasteiger partial charge is 0.449 e. The highest BCUT2D eigenvalue weighted by Crippen LogP contribution is 2.45. The van der Waals surface area contributed by atoms with Gasteiger partial charge in [-0.25, -0.2) is 9.59 Å². The van der Waals surface area contributed by atoms with Crippen LogP contribution >= 0.6 is 0 Å². The van der Waals surface area contributed by atoms with Gasteiger partial charge in [-0.15, -0.1) is 0 Å². The van der Waals surface area contributed by atoms with E-state index in [4.69, 9.17) is 9.47 Å². The summed E-state index contributed by atoms with van der Waals surface area (Å²) in [6.45, 7) is 1.56. The normalized spacial score (nSPS) is 13.2. The molecule has 0 saturated heterocycles. The number of fused-ring (bicyclic) bond motifs is 6. The summed E-state index contributed by atoms with van der Waals surface area (Å²) in [4.78, 5) is 24.6. The van der Waals surface area contributed by atoms with Crippen molar-refractivity contribution in [1.82, 2.24) is 10.6 Å². The minimum absolute atomic E-state index is 0.0482. The molecule has 2 aliphatic rings. The van der Waals surface area contributed by atoms with Crippen molar-refractivity contribution >= 4 is 12.2 Å². The fraction of sp³-hybridized carbons (Fsp3) is 0.222. The molecule has 212 valence electrons. The summed E-state index contributed by atoms with van der Waals surface area (Å²) >= 11 is 0. The Morgan fingerprint density at radius 2 is 0.833 bits per heavy atom. The molecule has 2 amide bonds. The molecule has 0 saturated carbocycles. The van der Waals surface area contributed by atoms with Crippen molar-refractivity contribution in [2.75, 3.05) is 26.3 Å². The summed E-state index contributed by atoms with van der Waals surface area (Å²) in [5.41, 5.74) is 9.62. The van der Waals surface area contributed by atoms with E-state index < -0.39 is 12.2 Å². The average molecular weight is 559 g/mol. The van der Waals surface area contributed by atoms with Crippen LogP contribution in [0.15, 0.2) is 109 Å². The second kappa shape index (κ2) is 12.8. The maximum atomic E-state index is 12.3. The van der Waals surface area contributed by atoms with E-state index in [2.05, 4.69) is 59.2 Å². The first-order valence-electron chi connectivity index (χ1n) is 14.5. The Morgan fingerprint density at radius 1 is 0.524 bits per heavy atom. The fourth-order valence-electron chi connectivity index (χ4n) is 6.05. The van der Waals surface area contributed by atoms with Crippen molar-refractivity contribution in [2.24, 2.45) is 0 Å². The van der Waals surface area contributed by atoms with Crippen LogP contribution in [0.2, 0.25) is 0 Å². The van der Waals surface area contributed by atoms with Gasteiger partial charge in [0.15, 0.2) is 0 Å². The molecular weight excluding hydrogens is 524 g/mol. The molecule has 0 radical (unpaired) electrons. The van der Waals surface area contributed by atoms with Crippen molar-refractivity contribution in [1.29, 1.82) is 0 Å². The maximum Gasteiger partial charge on any atom is 0.407 e. The molecule has 2 N–H and O–H groups in total. The van der Waals surface area contributed by atoms with Crippen LogP contribution in [0.25, 0.3) is 22.3 Å². The minimum Gasteiger partial charge on any atom is -0.449 e. The van der Waals surface area contributed by atoms with E-state index in [1.165, 1.54) is 44.5 Å². The third-order valence-corrected chi connectivity index (χ3v) is 8.01. The molecular formula is C36H34N2O4. The lowest BCUT2D eigenvalue weighted by Crippen LogP contribution is -2.27. The number of carbonyl (C=O) groups excluding carboxylic acids is 2. The minimum atomic E-state index is -0.415. The predicted molar refractivity (Wildman–Crippen MR) is 165 cm³/mol. The van der Waals surface area contributed by atoms with Gasteiger partial charge in [0.2, 0.25) is 0 Å². The second-order valence-electron chi connectivity index (χ2n) is 10.6. The number of amides is 2. The predicted octanol–water partition coefficient (Wildman–Crippen LogP) is 7.40. The van der Waals surface area contributed by atoms with Gasteiger partial charge in [0.1, 0.15) is 13.2 Å². The number of hydrogen-bond acceptors (Lipinski definition) is 4. The molecule has 0 atom stereocenters. The highest BCUT2D eigenvalue weighted by molar-refractivity contribution is 5.80. The fourth-order valence-corrected chi connectivity index (χ4v) is 6.05. The lowest BCUT2D eigenvalue weighted by atomic mass is 9.98. The van der Waals surface area contributed by atoms with Crippen LogP contribution in [0, 0.1) is 0 Å². The van der Waals surface area contributed by atoms with E-state index in [-0.39, 0.29) is 11.8 Å². The molecule has 0 aromatic heterocycles. The van der Waals surface area contributed by atoms with Gasteiger partial charge in [0.05, 0.1) is 0 Å². The summed E-state index contributed by atoms with van der Waals surface area (Å²) in [6, 6.07) is 33.2. The Kier molecular flexibility index (Phi) is 8.31. The number of benzene rings is 4. The standard InChI is InChI=1S/C36H34N2O4/c39-35(41-23-33-29-17-7-3-13-25(29)26-14-4-8-18-30(26)33)37-21-11-1-2-12-22-38-36(40)42-24-34-31-19-9-5-15-27(31)28-16-6-10-20-32(28)34/h1-10,13-20,33-34H,11-12,21-24H2,(H,37,39)(H,38,40)/b2-1+. The van der Waals surface area contributed by atoms with Crippen LogP contribution in [-0.4, -0.2) is 38.5 Å². The van der Waals surface area contributed by atoms with E-state index in [9.17, 15) is 9.59 Å². The Hall–Kier alpha value is -4.84. The molecule has 6 rings (SSSR count). The van der Waals surface area contributed by atoms with Crippen molar-refractivity contribution in [2.45, 2.75) is 24.7 Å². The number of rotatable bonds is 10. The van der Waals surface area contributed by atoms with Gasteiger partial charge in [-0.2, -0.15) is 0 Å². The monoisotopic (exact) mass is 558 g/mol. The summed E-state index contributed by atoms with van der Waals surface area (Å²) in [7, 11) is 0. The first-order valence-corrected chi connectivity index (χ1v) is 14.5. The van der Waals surface area contributed by atoms with Crippen LogP contribution < -0.4 is 10.6 Å². The molecule has 0 aliphatic heterocycles. The molecule has 0 unspecified atom stereocenters. The molecule has 42 heavy (non-hydrogen) atoms. The summed E-state index contributed by atoms with van der Waals surface area (Å²) in [5.74, 6) is 0.0963. The molecule has 0 heterocycles. The number of nitrogens with one attached hydrogen (secondary N) is 2. The van der Waals surface area contributed by atoms with E-state index in [1.54, 1.807) is 0 Å². The molecule has 4 aromatic carbocycles. The smallest absolute Gasteiger partial charge is 0.407 e. The van der Waals surface area contributed by atoms with Crippen LogP contribution in [0.5, 0.6) is 0 Å². The molecule has 4 aromatic rings. The molecule has 0 fully saturated rings. The van der Waals surface area contributed by atoms with Gasteiger partial charge in [-0.05, 0) is 57.3 Å². The van der Waals surface area contributed by atoms with Crippen LogP contribution in [0.4, 0.5) is 9.59 Å². The van der Waals surface area contributed by atoms with Gasteiger partial charge >= 0.3 is 12.2 Å². The van der Waals surface area contributed by atoms with Crippen LogP contribution in [0.1, 0.15) is 46.9 Å².